The van der Waals surface area contributed by atoms with Crippen LogP contribution in [0.3, 0.4) is 0 Å². The Morgan fingerprint density at radius 1 is 1.00 bits per heavy atom. The third-order valence-corrected chi connectivity index (χ3v) is 7.09. The van der Waals surface area contributed by atoms with Gasteiger partial charge in [-0.3, -0.25) is 9.97 Å². The molecule has 1 aliphatic rings. The number of rotatable bonds is 9. The fourth-order valence-electron chi connectivity index (χ4n) is 4.51. The average Bonchev–Trinajstić information content (AvgIpc) is 2.94. The second kappa shape index (κ2) is 16.6. The van der Waals surface area contributed by atoms with Gasteiger partial charge in [-0.2, -0.15) is 0 Å². The molecule has 1 N–H and O–H groups in total. The quantitative estimate of drug-likeness (QED) is 0.193. The van der Waals surface area contributed by atoms with Gasteiger partial charge in [0.1, 0.15) is 31.0 Å². The van der Waals surface area contributed by atoms with Gasteiger partial charge in [0.2, 0.25) is 0 Å². The van der Waals surface area contributed by atoms with E-state index in [2.05, 4.69) is 28.7 Å². The molecule has 3 aromatic rings. The molecule has 1 fully saturated rings. The van der Waals surface area contributed by atoms with Crippen LogP contribution in [0.5, 0.6) is 11.5 Å². The first kappa shape index (κ1) is 36.0. The van der Waals surface area contributed by atoms with Crippen LogP contribution in [0.2, 0.25) is 5.02 Å². The van der Waals surface area contributed by atoms with Crippen LogP contribution in [0.4, 0.5) is 5.69 Å². The van der Waals surface area contributed by atoms with Crippen molar-refractivity contribution >= 4 is 23.6 Å². The maximum Gasteiger partial charge on any atom is 0.138 e. The molecular formula is C35H50ClN3O4. The number of hydrogen-bond acceptors (Lipinski definition) is 7. The van der Waals surface area contributed by atoms with E-state index in [1.807, 2.05) is 64.2 Å². The van der Waals surface area contributed by atoms with Crippen molar-refractivity contribution in [3.05, 3.63) is 64.6 Å². The lowest BCUT2D eigenvalue weighted by Gasteiger charge is -2.40. The van der Waals surface area contributed by atoms with Gasteiger partial charge in [-0.1, -0.05) is 45.4 Å². The summed E-state index contributed by atoms with van der Waals surface area (Å²) >= 11 is 6.22. The first-order chi connectivity index (χ1) is 20.3. The number of carbonyl (C=O) groups is 1. The summed E-state index contributed by atoms with van der Waals surface area (Å²) < 4.78 is 11.6. The number of carbonyl (C=O) groups excluding carboxylic acids is 1. The molecule has 1 saturated heterocycles. The molecule has 0 radical (unpaired) electrons. The number of aliphatic hydroxyl groups is 1. The van der Waals surface area contributed by atoms with Crippen molar-refractivity contribution in [2.45, 2.75) is 87.2 Å². The molecule has 8 heteroatoms. The highest BCUT2D eigenvalue weighted by molar-refractivity contribution is 6.32. The highest BCUT2D eigenvalue weighted by Crippen LogP contribution is 2.39. The molecule has 1 aromatic carbocycles. The summed E-state index contributed by atoms with van der Waals surface area (Å²) in [6.45, 7) is 20.5. The summed E-state index contributed by atoms with van der Waals surface area (Å²) in [6.07, 6.45) is 7.10. The van der Waals surface area contributed by atoms with Crippen molar-refractivity contribution in [1.29, 1.82) is 0 Å². The Labute approximate surface area is 263 Å². The molecule has 0 bridgehead atoms. The second-order valence-corrected chi connectivity index (χ2v) is 12.7. The molecule has 0 saturated carbocycles. The van der Waals surface area contributed by atoms with Gasteiger partial charge >= 0.3 is 0 Å². The number of aldehydes is 1. The van der Waals surface area contributed by atoms with Crippen LogP contribution in [0.15, 0.2) is 42.7 Å². The van der Waals surface area contributed by atoms with Gasteiger partial charge in [0.25, 0.3) is 0 Å². The van der Waals surface area contributed by atoms with Crippen LogP contribution in [-0.4, -0.2) is 53.3 Å². The van der Waals surface area contributed by atoms with E-state index in [0.29, 0.717) is 41.6 Å². The maximum absolute atomic E-state index is 11.5. The van der Waals surface area contributed by atoms with E-state index in [1.165, 1.54) is 0 Å². The van der Waals surface area contributed by atoms with E-state index in [9.17, 15) is 4.79 Å². The molecule has 0 aliphatic carbocycles. The maximum atomic E-state index is 11.5. The van der Waals surface area contributed by atoms with E-state index >= 15 is 0 Å². The number of halogens is 1. The van der Waals surface area contributed by atoms with E-state index in [1.54, 1.807) is 27.0 Å². The second-order valence-electron chi connectivity index (χ2n) is 12.3. The minimum absolute atomic E-state index is 0.329. The Morgan fingerprint density at radius 3 is 2.19 bits per heavy atom. The fourth-order valence-corrected chi connectivity index (χ4v) is 4.80. The Kier molecular flexibility index (Phi) is 13.9. The fraction of sp³-hybridized carbons (Fsp3) is 0.514. The van der Waals surface area contributed by atoms with Crippen molar-refractivity contribution in [2.24, 2.45) is 5.41 Å². The van der Waals surface area contributed by atoms with E-state index in [4.69, 9.17) is 26.2 Å². The summed E-state index contributed by atoms with van der Waals surface area (Å²) in [5, 5.41) is 9.11. The molecule has 0 unspecified atom stereocenters. The molecular weight excluding hydrogens is 562 g/mol. The monoisotopic (exact) mass is 611 g/mol. The third kappa shape index (κ3) is 11.8. The number of aromatic nitrogens is 2. The Morgan fingerprint density at radius 2 is 1.63 bits per heavy atom. The molecule has 43 heavy (non-hydrogen) atoms. The molecule has 3 heterocycles. The average molecular weight is 612 g/mol. The molecule has 0 spiro atoms. The first-order valence-electron chi connectivity index (χ1n) is 15.1. The Hall–Kier alpha value is -3.16. The summed E-state index contributed by atoms with van der Waals surface area (Å²) in [6, 6.07) is 9.55. The number of aryl methyl sites for hydroxylation is 2. The molecule has 1 aliphatic heterocycles. The lowest BCUT2D eigenvalue weighted by molar-refractivity contribution is -0.107. The normalized spacial score (nSPS) is 14.1. The third-order valence-electron chi connectivity index (χ3n) is 6.79. The molecule has 236 valence electrons. The molecule has 2 aromatic heterocycles. The predicted molar refractivity (Wildman–Crippen MR) is 178 cm³/mol. The van der Waals surface area contributed by atoms with Gasteiger partial charge in [0.15, 0.2) is 0 Å². The van der Waals surface area contributed by atoms with Gasteiger partial charge in [0.05, 0.1) is 28.2 Å². The largest absolute Gasteiger partial charge is 0.488 e. The minimum Gasteiger partial charge on any atom is -0.488 e. The number of hydrogen-bond donors (Lipinski definition) is 1. The number of benzene rings is 1. The van der Waals surface area contributed by atoms with Gasteiger partial charge < -0.3 is 24.3 Å². The Bertz CT molecular complexity index is 1290. The topological polar surface area (TPSA) is 84.8 Å². The minimum atomic E-state index is -0.500. The standard InChI is InChI=1S/C29H34ClN3O3.C4H10O.C2H6/c1-20-5-8-27(25(30)17-20)36-16-15-35-22-6-7-26(32-18-22)24-19-31-21(2)23(9-14-34)28(24)33-12-10-29(3,4)11-13-33;1-4(2,3)5;1-2/h5-8,14,17-19H,9-13,15-16H2,1-4H3;5H,1-3H3;1-2H3. The molecule has 7 nitrogen and oxygen atoms in total. The van der Waals surface area contributed by atoms with Gasteiger partial charge in [-0.15, -0.1) is 0 Å². The number of anilines is 1. The van der Waals surface area contributed by atoms with Crippen molar-refractivity contribution < 1.29 is 19.4 Å². The lowest BCUT2D eigenvalue weighted by Crippen LogP contribution is -2.38. The predicted octanol–water partition coefficient (Wildman–Crippen LogP) is 8.04. The smallest absolute Gasteiger partial charge is 0.138 e. The zero-order valence-electron chi connectivity index (χ0n) is 27.5. The van der Waals surface area contributed by atoms with Crippen LogP contribution >= 0.6 is 11.6 Å². The highest BCUT2D eigenvalue weighted by Gasteiger charge is 2.29. The van der Waals surface area contributed by atoms with Crippen molar-refractivity contribution in [3.63, 3.8) is 0 Å². The van der Waals surface area contributed by atoms with Crippen LogP contribution in [0, 0.1) is 19.3 Å². The summed E-state index contributed by atoms with van der Waals surface area (Å²) in [5.74, 6) is 1.30. The zero-order chi connectivity index (χ0) is 32.2. The lowest BCUT2D eigenvalue weighted by atomic mass is 9.82. The number of ether oxygens (including phenoxy) is 2. The Balaban J connectivity index is 0.000000836. The SMILES string of the molecule is CC.CC(C)(C)O.Cc1ccc(OCCOc2ccc(-c3cnc(C)c(CC=O)c3N3CCC(C)(C)CC3)nc2)c(Cl)c1. The van der Waals surface area contributed by atoms with Gasteiger partial charge in [-0.05, 0) is 82.7 Å². The number of pyridine rings is 2. The number of piperidine rings is 1. The van der Waals surface area contributed by atoms with E-state index < -0.39 is 5.60 Å². The summed E-state index contributed by atoms with van der Waals surface area (Å²) in [5.41, 5.74) is 5.62. The summed E-state index contributed by atoms with van der Waals surface area (Å²) in [4.78, 5) is 23.2. The summed E-state index contributed by atoms with van der Waals surface area (Å²) in [7, 11) is 0. The number of nitrogens with zero attached hydrogens (tertiary/aromatic N) is 3. The van der Waals surface area contributed by atoms with Crippen LogP contribution in [-0.2, 0) is 11.2 Å². The zero-order valence-corrected chi connectivity index (χ0v) is 28.2. The van der Waals surface area contributed by atoms with Crippen LogP contribution in [0.1, 0.15) is 78.1 Å². The first-order valence-corrected chi connectivity index (χ1v) is 15.5. The van der Waals surface area contributed by atoms with Gasteiger partial charge in [0, 0.05) is 42.5 Å². The van der Waals surface area contributed by atoms with Gasteiger partial charge in [-0.25, -0.2) is 0 Å². The van der Waals surface area contributed by atoms with Crippen molar-refractivity contribution in [1.82, 2.24) is 9.97 Å². The molecule has 0 amide bonds. The highest BCUT2D eigenvalue weighted by atomic mass is 35.5. The molecule has 4 rings (SSSR count). The van der Waals surface area contributed by atoms with Crippen molar-refractivity contribution in [3.8, 4) is 22.8 Å². The molecule has 0 atom stereocenters. The van der Waals surface area contributed by atoms with E-state index in [0.717, 1.165) is 66.0 Å². The van der Waals surface area contributed by atoms with Crippen molar-refractivity contribution in [2.75, 3.05) is 31.2 Å². The van der Waals surface area contributed by atoms with E-state index in [-0.39, 0.29) is 0 Å². The van der Waals surface area contributed by atoms with Crippen LogP contribution < -0.4 is 14.4 Å². The van der Waals surface area contributed by atoms with Crippen LogP contribution in [0.25, 0.3) is 11.3 Å².